The number of carbonyl (C=O) groups excluding carboxylic acids is 2. The summed E-state index contributed by atoms with van der Waals surface area (Å²) < 4.78 is 0. The van der Waals surface area contributed by atoms with Crippen LogP contribution in [-0.2, 0) is 22.7 Å². The Morgan fingerprint density at radius 2 is 1.36 bits per heavy atom. The van der Waals surface area contributed by atoms with Crippen molar-refractivity contribution in [1.82, 2.24) is 20.6 Å². The summed E-state index contributed by atoms with van der Waals surface area (Å²) in [6.45, 7) is 4.86. The first-order valence-electron chi connectivity index (χ1n) is 8.40. The van der Waals surface area contributed by atoms with Crippen LogP contribution in [0.2, 0.25) is 0 Å². The molecule has 1 saturated carbocycles. The van der Waals surface area contributed by atoms with Crippen LogP contribution in [0.1, 0.15) is 28.7 Å². The van der Waals surface area contributed by atoms with Crippen LogP contribution in [0.25, 0.3) is 0 Å². The van der Waals surface area contributed by atoms with Gasteiger partial charge >= 0.3 is 0 Å². The molecular formula is C19H22N4O2. The summed E-state index contributed by atoms with van der Waals surface area (Å²) in [6.07, 6.45) is 7.58. The first kappa shape index (κ1) is 17.1. The molecule has 2 N–H and O–H groups in total. The van der Waals surface area contributed by atoms with Gasteiger partial charge in [-0.15, -0.1) is 0 Å². The standard InChI is InChI=1S/C19H22N4O2/c1-12-8-20-5-3-14(12)10-22-18(24)16-7-17(16)19(25)23-11-15-4-6-21-9-13(15)2/h3-6,8-9,16-17H,7,10-11H2,1-2H3,(H,22,24)(H,23,25)/t16-,17-/m1/s1. The maximum atomic E-state index is 12.2. The summed E-state index contributed by atoms with van der Waals surface area (Å²) in [5.74, 6) is -0.561. The number of amides is 2. The third kappa shape index (κ3) is 4.21. The second-order valence-corrected chi connectivity index (χ2v) is 6.49. The van der Waals surface area contributed by atoms with Crippen LogP contribution in [0.15, 0.2) is 36.9 Å². The molecule has 2 amide bonds. The second-order valence-electron chi connectivity index (χ2n) is 6.49. The average molecular weight is 338 g/mol. The molecule has 6 nitrogen and oxygen atoms in total. The van der Waals surface area contributed by atoms with Gasteiger partial charge in [-0.3, -0.25) is 19.6 Å². The van der Waals surface area contributed by atoms with Gasteiger partial charge in [-0.25, -0.2) is 0 Å². The Kier molecular flexibility index (Phi) is 5.07. The van der Waals surface area contributed by atoms with Crippen molar-refractivity contribution < 1.29 is 9.59 Å². The number of aryl methyl sites for hydroxylation is 2. The minimum Gasteiger partial charge on any atom is -0.352 e. The zero-order chi connectivity index (χ0) is 17.8. The number of nitrogens with zero attached hydrogens (tertiary/aromatic N) is 2. The van der Waals surface area contributed by atoms with Crippen molar-refractivity contribution in [3.05, 3.63) is 59.2 Å². The molecule has 1 fully saturated rings. The number of hydrogen-bond acceptors (Lipinski definition) is 4. The average Bonchev–Trinajstić information content (AvgIpc) is 3.41. The van der Waals surface area contributed by atoms with Crippen molar-refractivity contribution in [2.75, 3.05) is 0 Å². The lowest BCUT2D eigenvalue weighted by Crippen LogP contribution is -2.30. The van der Waals surface area contributed by atoms with E-state index in [0.717, 1.165) is 22.3 Å². The van der Waals surface area contributed by atoms with E-state index < -0.39 is 0 Å². The quantitative estimate of drug-likeness (QED) is 0.839. The summed E-state index contributed by atoms with van der Waals surface area (Å²) in [4.78, 5) is 32.5. The van der Waals surface area contributed by atoms with Crippen molar-refractivity contribution in [2.24, 2.45) is 11.8 Å². The molecule has 1 aliphatic rings. The predicted molar refractivity (Wildman–Crippen MR) is 93.2 cm³/mol. The van der Waals surface area contributed by atoms with Gasteiger partial charge in [0.05, 0.1) is 11.8 Å². The summed E-state index contributed by atoms with van der Waals surface area (Å²) in [5, 5.41) is 5.83. The van der Waals surface area contributed by atoms with Gasteiger partial charge in [-0.2, -0.15) is 0 Å². The van der Waals surface area contributed by atoms with E-state index >= 15 is 0 Å². The highest BCUT2D eigenvalue weighted by Gasteiger charge is 2.47. The molecule has 130 valence electrons. The summed E-state index contributed by atoms with van der Waals surface area (Å²) in [7, 11) is 0. The molecule has 2 aromatic rings. The molecule has 1 aliphatic carbocycles. The summed E-state index contributed by atoms with van der Waals surface area (Å²) in [5.41, 5.74) is 4.16. The number of aromatic nitrogens is 2. The number of carbonyl (C=O) groups is 2. The fraction of sp³-hybridized carbons (Fsp3) is 0.368. The topological polar surface area (TPSA) is 84.0 Å². The van der Waals surface area contributed by atoms with Crippen molar-refractivity contribution in [2.45, 2.75) is 33.4 Å². The molecule has 2 aromatic heterocycles. The molecule has 6 heteroatoms. The second kappa shape index (κ2) is 7.42. The number of nitrogens with one attached hydrogen (secondary N) is 2. The Bertz CT molecular complexity index is 725. The van der Waals surface area contributed by atoms with E-state index in [1.165, 1.54) is 0 Å². The number of hydrogen-bond donors (Lipinski definition) is 2. The van der Waals surface area contributed by atoms with E-state index in [2.05, 4.69) is 20.6 Å². The largest absolute Gasteiger partial charge is 0.352 e. The minimum atomic E-state index is -0.222. The maximum Gasteiger partial charge on any atom is 0.224 e. The Labute approximate surface area is 147 Å². The Balaban J connectivity index is 1.45. The zero-order valence-corrected chi connectivity index (χ0v) is 14.5. The van der Waals surface area contributed by atoms with Crippen LogP contribution >= 0.6 is 0 Å². The van der Waals surface area contributed by atoms with Crippen LogP contribution < -0.4 is 10.6 Å². The lowest BCUT2D eigenvalue weighted by Gasteiger charge is -2.08. The summed E-state index contributed by atoms with van der Waals surface area (Å²) >= 11 is 0. The highest BCUT2D eigenvalue weighted by atomic mass is 16.2. The van der Waals surface area contributed by atoms with Gasteiger partial charge in [0.15, 0.2) is 0 Å². The first-order chi connectivity index (χ1) is 12.1. The Hall–Kier alpha value is -2.76. The van der Waals surface area contributed by atoms with Gasteiger partial charge in [0.25, 0.3) is 0 Å². The van der Waals surface area contributed by atoms with Gasteiger partial charge < -0.3 is 10.6 Å². The van der Waals surface area contributed by atoms with Crippen molar-refractivity contribution >= 4 is 11.8 Å². The lowest BCUT2D eigenvalue weighted by molar-refractivity contribution is -0.127. The van der Waals surface area contributed by atoms with E-state index in [-0.39, 0.29) is 23.7 Å². The third-order valence-corrected chi connectivity index (χ3v) is 4.64. The third-order valence-electron chi connectivity index (χ3n) is 4.64. The van der Waals surface area contributed by atoms with Gasteiger partial charge in [-0.1, -0.05) is 0 Å². The number of pyridine rings is 2. The van der Waals surface area contributed by atoms with Crippen LogP contribution in [0.4, 0.5) is 0 Å². The summed E-state index contributed by atoms with van der Waals surface area (Å²) in [6, 6.07) is 3.79. The molecule has 2 heterocycles. The van der Waals surface area contributed by atoms with Crippen LogP contribution in [0, 0.1) is 25.7 Å². The smallest absolute Gasteiger partial charge is 0.224 e. The molecule has 0 bridgehead atoms. The minimum absolute atomic E-state index is 0.0588. The van der Waals surface area contributed by atoms with Crippen LogP contribution in [-0.4, -0.2) is 21.8 Å². The number of rotatable bonds is 6. The molecule has 0 saturated heterocycles. The zero-order valence-electron chi connectivity index (χ0n) is 14.5. The van der Waals surface area contributed by atoms with Gasteiger partial charge in [0.2, 0.25) is 11.8 Å². The molecule has 25 heavy (non-hydrogen) atoms. The first-order valence-corrected chi connectivity index (χ1v) is 8.40. The molecule has 0 aromatic carbocycles. The molecule has 3 rings (SSSR count). The van der Waals surface area contributed by atoms with E-state index in [0.29, 0.717) is 19.5 Å². The molecular weight excluding hydrogens is 316 g/mol. The van der Waals surface area contributed by atoms with Crippen molar-refractivity contribution in [3.8, 4) is 0 Å². The normalized spacial score (nSPS) is 18.5. The van der Waals surface area contributed by atoms with E-state index in [1.807, 2.05) is 26.0 Å². The Morgan fingerprint density at radius 3 is 1.76 bits per heavy atom. The molecule has 0 spiro atoms. The maximum absolute atomic E-state index is 12.2. The molecule has 2 atom stereocenters. The van der Waals surface area contributed by atoms with Gasteiger partial charge in [0.1, 0.15) is 0 Å². The molecule has 0 radical (unpaired) electrons. The van der Waals surface area contributed by atoms with Crippen LogP contribution in [0.3, 0.4) is 0 Å². The van der Waals surface area contributed by atoms with Crippen molar-refractivity contribution in [3.63, 3.8) is 0 Å². The van der Waals surface area contributed by atoms with Gasteiger partial charge in [0, 0.05) is 37.9 Å². The highest BCUT2D eigenvalue weighted by molar-refractivity contribution is 5.92. The van der Waals surface area contributed by atoms with Gasteiger partial charge in [-0.05, 0) is 54.7 Å². The predicted octanol–water partition coefficient (Wildman–Crippen LogP) is 1.66. The Morgan fingerprint density at radius 1 is 0.920 bits per heavy atom. The van der Waals surface area contributed by atoms with E-state index in [4.69, 9.17) is 0 Å². The molecule has 0 unspecified atom stereocenters. The van der Waals surface area contributed by atoms with Crippen molar-refractivity contribution in [1.29, 1.82) is 0 Å². The monoisotopic (exact) mass is 338 g/mol. The lowest BCUT2D eigenvalue weighted by atomic mass is 10.1. The van der Waals surface area contributed by atoms with E-state index in [9.17, 15) is 9.59 Å². The van der Waals surface area contributed by atoms with Crippen LogP contribution in [0.5, 0.6) is 0 Å². The fourth-order valence-corrected chi connectivity index (χ4v) is 2.80. The SMILES string of the molecule is Cc1cnccc1CNC(=O)[C@@H]1C[C@H]1C(=O)NCc1ccncc1C. The van der Waals surface area contributed by atoms with E-state index in [1.54, 1.807) is 24.8 Å². The fourth-order valence-electron chi connectivity index (χ4n) is 2.80. The molecule has 0 aliphatic heterocycles. The highest BCUT2D eigenvalue weighted by Crippen LogP contribution is 2.38.